The monoisotopic (exact) mass is 368 g/mol. The van der Waals surface area contributed by atoms with Crippen LogP contribution in [0.2, 0.25) is 0 Å². The highest BCUT2D eigenvalue weighted by molar-refractivity contribution is 9.10. The number of carbonyl (C=O) groups excluding carboxylic acids is 1. The number of esters is 1. The summed E-state index contributed by atoms with van der Waals surface area (Å²) in [6, 6.07) is 1.73. The molecule has 0 saturated heterocycles. The molecule has 0 unspecified atom stereocenters. The normalized spacial score (nSPS) is 11.2. The molecule has 1 heterocycles. The maximum absolute atomic E-state index is 11.7. The van der Waals surface area contributed by atoms with Crippen molar-refractivity contribution < 1.29 is 18.8 Å². The number of halogens is 1. The fourth-order valence-corrected chi connectivity index (χ4v) is 2.46. The van der Waals surface area contributed by atoms with Gasteiger partial charge >= 0.3 is 5.97 Å². The van der Waals surface area contributed by atoms with E-state index in [1.165, 1.54) is 0 Å². The number of benzene rings is 1. The van der Waals surface area contributed by atoms with Crippen LogP contribution in [0.3, 0.4) is 0 Å². The zero-order chi connectivity index (χ0) is 16.1. The Morgan fingerprint density at radius 3 is 2.91 bits per heavy atom. The van der Waals surface area contributed by atoms with Crippen molar-refractivity contribution in [2.24, 2.45) is 0 Å². The van der Waals surface area contributed by atoms with Crippen molar-refractivity contribution in [2.75, 3.05) is 18.9 Å². The van der Waals surface area contributed by atoms with E-state index in [2.05, 4.69) is 21.1 Å². The molecule has 118 valence electrons. The lowest BCUT2D eigenvalue weighted by Gasteiger charge is -2.06. The highest BCUT2D eigenvalue weighted by atomic mass is 79.9. The molecule has 0 amide bonds. The third kappa shape index (κ3) is 3.41. The zero-order valence-electron chi connectivity index (χ0n) is 12.4. The van der Waals surface area contributed by atoms with E-state index in [0.29, 0.717) is 45.6 Å². The summed E-state index contributed by atoms with van der Waals surface area (Å²) < 4.78 is 16.2. The number of carbonyl (C=O) groups is 1. The number of hydrogen-bond donors (Lipinski definition) is 1. The van der Waals surface area contributed by atoms with Crippen molar-refractivity contribution >= 4 is 44.6 Å². The van der Waals surface area contributed by atoms with Gasteiger partial charge in [0, 0.05) is 16.1 Å². The number of nitrogens with zero attached hydrogens (tertiary/aromatic N) is 1. The smallest absolute Gasteiger partial charge is 0.312 e. The molecule has 7 heteroatoms. The number of anilines is 1. The van der Waals surface area contributed by atoms with Crippen molar-refractivity contribution in [2.45, 2.75) is 20.3 Å². The zero-order valence-corrected chi connectivity index (χ0v) is 14.0. The van der Waals surface area contributed by atoms with Gasteiger partial charge in [0.15, 0.2) is 5.58 Å². The first-order chi connectivity index (χ1) is 10.6. The number of nitrogen functional groups attached to an aromatic ring is 1. The van der Waals surface area contributed by atoms with Crippen LogP contribution in [0.1, 0.15) is 25.1 Å². The minimum atomic E-state index is -0.362. The summed E-state index contributed by atoms with van der Waals surface area (Å²) in [6.45, 7) is 4.51. The van der Waals surface area contributed by atoms with Gasteiger partial charge in [-0.25, -0.2) is 0 Å². The molecule has 0 aliphatic rings. The van der Waals surface area contributed by atoms with Gasteiger partial charge in [-0.15, -0.1) is 0 Å². The number of nitrogens with two attached hydrogens (primary N) is 1. The predicted octanol–water partition coefficient (Wildman–Crippen LogP) is 3.29. The van der Waals surface area contributed by atoms with Crippen LogP contribution in [-0.4, -0.2) is 24.3 Å². The van der Waals surface area contributed by atoms with Crippen LogP contribution in [0, 0.1) is 0 Å². The second-order valence-electron chi connectivity index (χ2n) is 4.43. The summed E-state index contributed by atoms with van der Waals surface area (Å²) in [7, 11) is 0. The fraction of sp³-hybridized carbons (Fsp3) is 0.333. The highest BCUT2D eigenvalue weighted by Crippen LogP contribution is 2.35. The van der Waals surface area contributed by atoms with E-state index < -0.39 is 0 Å². The van der Waals surface area contributed by atoms with Gasteiger partial charge in [-0.2, -0.15) is 0 Å². The lowest BCUT2D eigenvalue weighted by molar-refractivity contribution is -0.142. The molecular weight excluding hydrogens is 352 g/mol. The van der Waals surface area contributed by atoms with Crippen LogP contribution in [0.5, 0.6) is 0 Å². The molecule has 0 saturated carbocycles. The van der Waals surface area contributed by atoms with Gasteiger partial charge in [0.2, 0.25) is 0 Å². The van der Waals surface area contributed by atoms with Gasteiger partial charge < -0.3 is 19.7 Å². The first-order valence-corrected chi connectivity index (χ1v) is 7.67. The lowest BCUT2D eigenvalue weighted by atomic mass is 10.0. The molecule has 1 aromatic heterocycles. The van der Waals surface area contributed by atoms with Crippen LogP contribution in [-0.2, 0) is 20.7 Å². The molecule has 0 spiro atoms. The van der Waals surface area contributed by atoms with E-state index in [4.69, 9.17) is 19.7 Å². The SMILES string of the molecule is CCO/C=C/c1c(N)c(Br)cc2onc(CC(=O)OCC)c12. The molecule has 0 fully saturated rings. The standard InChI is InChI=1S/C15H17BrN2O4/c1-3-20-6-5-9-14-11(8-13(19)21-4-2)18-22-12(14)7-10(16)15(9)17/h5-7H,3-4,8,17H2,1-2H3/b6-5+. The van der Waals surface area contributed by atoms with Crippen LogP contribution < -0.4 is 5.73 Å². The Hall–Kier alpha value is -2.02. The molecule has 0 bridgehead atoms. The number of aromatic nitrogens is 1. The second-order valence-corrected chi connectivity index (χ2v) is 5.28. The molecular formula is C15H17BrN2O4. The molecule has 0 aliphatic carbocycles. The topological polar surface area (TPSA) is 87.6 Å². The summed E-state index contributed by atoms with van der Waals surface area (Å²) >= 11 is 3.38. The van der Waals surface area contributed by atoms with Gasteiger partial charge in [0.05, 0.1) is 37.0 Å². The number of hydrogen-bond acceptors (Lipinski definition) is 6. The summed E-state index contributed by atoms with van der Waals surface area (Å²) in [5.41, 5.74) is 8.35. The average molecular weight is 369 g/mol. The van der Waals surface area contributed by atoms with Gasteiger partial charge in [0.1, 0.15) is 5.69 Å². The predicted molar refractivity (Wildman–Crippen MR) is 87.1 cm³/mol. The number of rotatable bonds is 6. The number of fused-ring (bicyclic) bond motifs is 1. The molecule has 1 aromatic carbocycles. The third-order valence-corrected chi connectivity index (χ3v) is 3.63. The average Bonchev–Trinajstić information content (AvgIpc) is 2.86. The minimum absolute atomic E-state index is 0.0252. The Labute approximate surface area is 136 Å². The molecule has 6 nitrogen and oxygen atoms in total. The first-order valence-electron chi connectivity index (χ1n) is 6.88. The first kappa shape index (κ1) is 16.4. The highest BCUT2D eigenvalue weighted by Gasteiger charge is 2.19. The lowest BCUT2D eigenvalue weighted by Crippen LogP contribution is -2.08. The van der Waals surface area contributed by atoms with Crippen molar-refractivity contribution in [3.63, 3.8) is 0 Å². The Morgan fingerprint density at radius 1 is 1.45 bits per heavy atom. The number of ether oxygens (including phenoxy) is 2. The fourth-order valence-electron chi connectivity index (χ4n) is 2.04. The van der Waals surface area contributed by atoms with E-state index in [0.717, 1.165) is 0 Å². The Morgan fingerprint density at radius 2 is 2.23 bits per heavy atom. The second kappa shape index (κ2) is 7.31. The van der Waals surface area contributed by atoms with Gasteiger partial charge in [0.25, 0.3) is 0 Å². The molecule has 2 aromatic rings. The molecule has 0 radical (unpaired) electrons. The van der Waals surface area contributed by atoms with E-state index in [9.17, 15) is 4.79 Å². The summed E-state index contributed by atoms with van der Waals surface area (Å²) in [6.07, 6.45) is 3.31. The maximum Gasteiger partial charge on any atom is 0.312 e. The van der Waals surface area contributed by atoms with Crippen molar-refractivity contribution in [1.29, 1.82) is 0 Å². The van der Waals surface area contributed by atoms with Gasteiger partial charge in [-0.3, -0.25) is 4.79 Å². The van der Waals surface area contributed by atoms with Crippen molar-refractivity contribution in [3.05, 3.63) is 28.1 Å². The summed E-state index contributed by atoms with van der Waals surface area (Å²) in [4.78, 5) is 11.7. The van der Waals surface area contributed by atoms with Crippen molar-refractivity contribution in [3.8, 4) is 0 Å². The quantitative estimate of drug-likeness (QED) is 0.478. The molecule has 2 rings (SSSR count). The van der Waals surface area contributed by atoms with Crippen LogP contribution in [0.4, 0.5) is 5.69 Å². The summed E-state index contributed by atoms with van der Waals surface area (Å²) in [5, 5.41) is 4.65. The van der Waals surface area contributed by atoms with E-state index in [1.807, 2.05) is 6.92 Å². The van der Waals surface area contributed by atoms with E-state index >= 15 is 0 Å². The van der Waals surface area contributed by atoms with Crippen LogP contribution >= 0.6 is 15.9 Å². The van der Waals surface area contributed by atoms with Crippen molar-refractivity contribution in [1.82, 2.24) is 5.16 Å². The molecule has 0 aliphatic heterocycles. The maximum atomic E-state index is 11.7. The van der Waals surface area contributed by atoms with Gasteiger partial charge in [-0.05, 0) is 35.9 Å². The van der Waals surface area contributed by atoms with Gasteiger partial charge in [-0.1, -0.05) is 5.16 Å². The van der Waals surface area contributed by atoms with E-state index in [1.54, 1.807) is 25.3 Å². The largest absolute Gasteiger partial charge is 0.501 e. The van der Waals surface area contributed by atoms with E-state index in [-0.39, 0.29) is 12.4 Å². The Bertz CT molecular complexity index is 709. The Balaban J connectivity index is 2.51. The van der Waals surface area contributed by atoms with Crippen LogP contribution in [0.25, 0.3) is 17.0 Å². The van der Waals surface area contributed by atoms with Crippen LogP contribution in [0.15, 0.2) is 21.3 Å². The Kier molecular flexibility index (Phi) is 5.43. The summed E-state index contributed by atoms with van der Waals surface area (Å²) in [5.74, 6) is -0.362. The third-order valence-electron chi connectivity index (χ3n) is 2.98. The molecule has 0 atom stereocenters. The molecule has 2 N–H and O–H groups in total. The minimum Gasteiger partial charge on any atom is -0.501 e. The molecule has 22 heavy (non-hydrogen) atoms.